The van der Waals surface area contributed by atoms with E-state index in [-0.39, 0.29) is 12.4 Å². The van der Waals surface area contributed by atoms with Crippen LogP contribution in [0.15, 0.2) is 16.6 Å². The largest absolute Gasteiger partial charge is 0.495 e. The van der Waals surface area contributed by atoms with Crippen LogP contribution in [0.4, 0.5) is 4.39 Å². The highest BCUT2D eigenvalue weighted by Crippen LogP contribution is 2.34. The molecule has 0 aliphatic heterocycles. The Morgan fingerprint density at radius 3 is 2.80 bits per heavy atom. The van der Waals surface area contributed by atoms with Crippen LogP contribution in [0.1, 0.15) is 18.0 Å². The Kier molecular flexibility index (Phi) is 4.50. The van der Waals surface area contributed by atoms with Gasteiger partial charge in [-0.25, -0.2) is 4.39 Å². The molecule has 1 atom stereocenters. The predicted molar refractivity (Wildman–Crippen MR) is 59.3 cm³/mol. The molecular weight excluding hydrogens is 265 g/mol. The first-order valence-electron chi connectivity index (χ1n) is 4.49. The monoisotopic (exact) mass is 277 g/mol. The van der Waals surface area contributed by atoms with Crippen LogP contribution in [0.3, 0.4) is 0 Å². The molecule has 5 heteroatoms. The van der Waals surface area contributed by atoms with Crippen molar-refractivity contribution >= 4 is 15.9 Å². The van der Waals surface area contributed by atoms with Crippen molar-refractivity contribution in [2.24, 2.45) is 5.73 Å². The molecular formula is C10H13BrFNO2. The molecule has 1 aromatic rings. The zero-order chi connectivity index (χ0) is 11.4. The van der Waals surface area contributed by atoms with E-state index in [1.807, 2.05) is 0 Å². The van der Waals surface area contributed by atoms with Crippen LogP contribution in [0.25, 0.3) is 0 Å². The molecule has 3 N–H and O–H groups in total. The summed E-state index contributed by atoms with van der Waals surface area (Å²) in [4.78, 5) is 0. The topological polar surface area (TPSA) is 55.5 Å². The smallest absolute Gasteiger partial charge is 0.138 e. The number of rotatable bonds is 4. The zero-order valence-electron chi connectivity index (χ0n) is 8.34. The standard InChI is InChI=1S/C10H13BrFNO2/c1-15-10-7(9(13)2-3-14)4-6(12)5-8(10)11/h4-5,9,14H,2-3,13H2,1H3. The Hall–Kier alpha value is -0.650. The van der Waals surface area contributed by atoms with Crippen LogP contribution in [0.2, 0.25) is 0 Å². The average molecular weight is 278 g/mol. The lowest BCUT2D eigenvalue weighted by Gasteiger charge is -2.16. The lowest BCUT2D eigenvalue weighted by atomic mass is 10.0. The van der Waals surface area contributed by atoms with Gasteiger partial charge in [-0.1, -0.05) is 0 Å². The highest BCUT2D eigenvalue weighted by atomic mass is 79.9. The van der Waals surface area contributed by atoms with Gasteiger partial charge in [-0.2, -0.15) is 0 Å². The number of halogens is 2. The van der Waals surface area contributed by atoms with Crippen LogP contribution >= 0.6 is 15.9 Å². The van der Waals surface area contributed by atoms with E-state index in [0.717, 1.165) is 0 Å². The Bertz CT molecular complexity index is 346. The highest BCUT2D eigenvalue weighted by molar-refractivity contribution is 9.10. The first-order chi connectivity index (χ1) is 7.10. The molecule has 0 spiro atoms. The quantitative estimate of drug-likeness (QED) is 0.885. The van der Waals surface area contributed by atoms with Crippen molar-refractivity contribution < 1.29 is 14.2 Å². The van der Waals surface area contributed by atoms with Gasteiger partial charge in [0, 0.05) is 18.2 Å². The first kappa shape index (κ1) is 12.4. The van der Waals surface area contributed by atoms with Gasteiger partial charge >= 0.3 is 0 Å². The molecule has 84 valence electrons. The summed E-state index contributed by atoms with van der Waals surface area (Å²) in [5.74, 6) is 0.128. The molecule has 1 rings (SSSR count). The predicted octanol–water partition coefficient (Wildman–Crippen LogP) is 1.98. The van der Waals surface area contributed by atoms with Crippen molar-refractivity contribution in [3.8, 4) is 5.75 Å². The molecule has 0 fully saturated rings. The Morgan fingerprint density at radius 1 is 1.60 bits per heavy atom. The number of nitrogens with two attached hydrogens (primary N) is 1. The molecule has 1 aromatic carbocycles. The van der Waals surface area contributed by atoms with Gasteiger partial charge in [0.25, 0.3) is 0 Å². The number of benzene rings is 1. The Balaban J connectivity index is 3.13. The van der Waals surface area contributed by atoms with Crippen molar-refractivity contribution in [1.29, 1.82) is 0 Å². The number of aliphatic hydroxyl groups excluding tert-OH is 1. The van der Waals surface area contributed by atoms with Gasteiger partial charge in [-0.15, -0.1) is 0 Å². The van der Waals surface area contributed by atoms with Crippen LogP contribution in [-0.4, -0.2) is 18.8 Å². The number of hydrogen-bond donors (Lipinski definition) is 2. The Labute approximate surface area is 96.2 Å². The second kappa shape index (κ2) is 5.44. The summed E-state index contributed by atoms with van der Waals surface area (Å²) in [6, 6.07) is 2.20. The minimum atomic E-state index is -0.433. The maximum Gasteiger partial charge on any atom is 0.138 e. The fourth-order valence-electron chi connectivity index (χ4n) is 1.37. The third kappa shape index (κ3) is 2.90. The molecule has 0 amide bonds. The van der Waals surface area contributed by atoms with E-state index in [0.29, 0.717) is 22.2 Å². The molecule has 0 saturated heterocycles. The summed E-state index contributed by atoms with van der Waals surface area (Å²) < 4.78 is 18.8. The maximum absolute atomic E-state index is 13.1. The summed E-state index contributed by atoms with van der Waals surface area (Å²) in [6.07, 6.45) is 0.367. The fourth-order valence-corrected chi connectivity index (χ4v) is 1.98. The van der Waals surface area contributed by atoms with Crippen LogP contribution in [-0.2, 0) is 0 Å². The molecule has 0 saturated carbocycles. The van der Waals surface area contributed by atoms with Crippen LogP contribution < -0.4 is 10.5 Å². The number of aliphatic hydroxyl groups is 1. The molecule has 0 aliphatic carbocycles. The lowest BCUT2D eigenvalue weighted by molar-refractivity contribution is 0.275. The minimum absolute atomic E-state index is 0.0432. The molecule has 15 heavy (non-hydrogen) atoms. The summed E-state index contributed by atoms with van der Waals surface area (Å²) in [5, 5.41) is 8.77. The van der Waals surface area contributed by atoms with Gasteiger partial charge in [0.2, 0.25) is 0 Å². The van der Waals surface area contributed by atoms with Crippen LogP contribution in [0, 0.1) is 5.82 Å². The van der Waals surface area contributed by atoms with Crippen molar-refractivity contribution in [1.82, 2.24) is 0 Å². The van der Waals surface area contributed by atoms with E-state index in [9.17, 15) is 4.39 Å². The highest BCUT2D eigenvalue weighted by Gasteiger charge is 2.15. The molecule has 0 radical (unpaired) electrons. The number of methoxy groups -OCH3 is 1. The second-order valence-electron chi connectivity index (χ2n) is 3.13. The van der Waals surface area contributed by atoms with Gasteiger partial charge < -0.3 is 15.6 Å². The summed E-state index contributed by atoms with van der Waals surface area (Å²) in [6.45, 7) is -0.0432. The fraction of sp³-hybridized carbons (Fsp3) is 0.400. The summed E-state index contributed by atoms with van der Waals surface area (Å²) in [7, 11) is 1.49. The van der Waals surface area contributed by atoms with E-state index in [2.05, 4.69) is 15.9 Å². The first-order valence-corrected chi connectivity index (χ1v) is 5.28. The summed E-state index contributed by atoms with van der Waals surface area (Å²) in [5.41, 5.74) is 6.35. The zero-order valence-corrected chi connectivity index (χ0v) is 9.92. The molecule has 0 bridgehead atoms. The van der Waals surface area contributed by atoms with Gasteiger partial charge in [0.1, 0.15) is 11.6 Å². The number of hydrogen-bond acceptors (Lipinski definition) is 3. The van der Waals surface area contributed by atoms with Gasteiger partial charge in [-0.3, -0.25) is 0 Å². The molecule has 0 heterocycles. The van der Waals surface area contributed by atoms with E-state index >= 15 is 0 Å². The maximum atomic E-state index is 13.1. The van der Waals surface area contributed by atoms with Crippen molar-refractivity contribution in [3.05, 3.63) is 28.0 Å². The van der Waals surface area contributed by atoms with Gasteiger partial charge in [-0.05, 0) is 34.5 Å². The van der Waals surface area contributed by atoms with E-state index in [1.165, 1.54) is 19.2 Å². The minimum Gasteiger partial charge on any atom is -0.495 e. The van der Waals surface area contributed by atoms with Crippen molar-refractivity contribution in [2.75, 3.05) is 13.7 Å². The van der Waals surface area contributed by atoms with E-state index in [1.54, 1.807) is 0 Å². The lowest BCUT2D eigenvalue weighted by Crippen LogP contribution is -2.13. The number of ether oxygens (including phenoxy) is 1. The second-order valence-corrected chi connectivity index (χ2v) is 3.98. The van der Waals surface area contributed by atoms with Crippen molar-refractivity contribution in [3.63, 3.8) is 0 Å². The molecule has 1 unspecified atom stereocenters. The Morgan fingerprint density at radius 2 is 2.27 bits per heavy atom. The summed E-state index contributed by atoms with van der Waals surface area (Å²) >= 11 is 3.19. The normalized spacial score (nSPS) is 12.6. The SMILES string of the molecule is COc1c(Br)cc(F)cc1C(N)CCO. The molecule has 0 aliphatic rings. The van der Waals surface area contributed by atoms with Crippen molar-refractivity contribution in [2.45, 2.75) is 12.5 Å². The average Bonchev–Trinajstić information content (AvgIpc) is 2.17. The van der Waals surface area contributed by atoms with Crippen LogP contribution in [0.5, 0.6) is 5.75 Å². The molecule has 3 nitrogen and oxygen atoms in total. The molecule has 0 aromatic heterocycles. The van der Waals surface area contributed by atoms with E-state index in [4.69, 9.17) is 15.6 Å². The third-order valence-corrected chi connectivity index (χ3v) is 2.67. The van der Waals surface area contributed by atoms with Gasteiger partial charge in [0.15, 0.2) is 0 Å². The van der Waals surface area contributed by atoms with E-state index < -0.39 is 6.04 Å². The van der Waals surface area contributed by atoms with Gasteiger partial charge in [0.05, 0.1) is 11.6 Å². The third-order valence-electron chi connectivity index (χ3n) is 2.08.